The van der Waals surface area contributed by atoms with E-state index in [2.05, 4.69) is 4.98 Å². The smallest absolute Gasteiger partial charge is 1.00 e. The third kappa shape index (κ3) is 2.35. The van der Waals surface area contributed by atoms with E-state index in [1.54, 1.807) is 6.08 Å². The van der Waals surface area contributed by atoms with Crippen LogP contribution in [0.1, 0.15) is 12.9 Å². The summed E-state index contributed by atoms with van der Waals surface area (Å²) in [6.45, 7) is 1.90. The Morgan fingerprint density at radius 2 is 2.41 bits per heavy atom. The number of carbonyl (C=O) groups excluding carboxylic acids is 1. The Hall–Kier alpha value is -1.06. The Labute approximate surface area is 153 Å². The van der Waals surface area contributed by atoms with Gasteiger partial charge in [-0.05, 0) is 6.08 Å². The number of amides is 1. The van der Waals surface area contributed by atoms with Gasteiger partial charge in [0, 0.05) is 18.1 Å². The molecule has 0 aromatic carbocycles. The van der Waals surface area contributed by atoms with Crippen LogP contribution in [0.25, 0.3) is 6.08 Å². The summed E-state index contributed by atoms with van der Waals surface area (Å²) in [5.41, 5.74) is 1.34. The summed E-state index contributed by atoms with van der Waals surface area (Å²) in [7, 11) is 0. The Balaban J connectivity index is 0.000000960. The number of carboxylic acid groups (broad SMARTS) is 1. The van der Waals surface area contributed by atoms with Crippen molar-refractivity contribution in [3.8, 4) is 0 Å². The van der Waals surface area contributed by atoms with Crippen LogP contribution in [-0.4, -0.2) is 43.4 Å². The van der Waals surface area contributed by atoms with Gasteiger partial charge in [0.25, 0.3) is 5.91 Å². The van der Waals surface area contributed by atoms with Crippen molar-refractivity contribution in [2.45, 2.75) is 18.5 Å². The van der Waals surface area contributed by atoms with E-state index in [1.165, 1.54) is 22.1 Å². The van der Waals surface area contributed by atoms with Crippen molar-refractivity contribution in [1.82, 2.24) is 14.5 Å². The van der Waals surface area contributed by atoms with Gasteiger partial charge in [-0.2, -0.15) is 0 Å². The molecule has 0 spiro atoms. The van der Waals surface area contributed by atoms with Gasteiger partial charge in [-0.15, -0.1) is 11.8 Å². The molecular weight excluding hydrogens is 317 g/mol. The molecule has 3 aliphatic rings. The van der Waals surface area contributed by atoms with Crippen LogP contribution in [0, 0.1) is 0 Å². The van der Waals surface area contributed by atoms with Crippen LogP contribution in [0.2, 0.25) is 0 Å². The number of fused-ring (bicyclic) bond motifs is 2. The zero-order valence-electron chi connectivity index (χ0n) is 12.9. The van der Waals surface area contributed by atoms with Gasteiger partial charge in [0.2, 0.25) is 0 Å². The summed E-state index contributed by atoms with van der Waals surface area (Å²) in [5, 5.41) is 10.3. The molecule has 4 heterocycles. The number of hydrogen-bond donors (Lipinski definition) is 1. The van der Waals surface area contributed by atoms with Crippen molar-refractivity contribution in [1.29, 1.82) is 0 Å². The number of imidazole rings is 1. The van der Waals surface area contributed by atoms with Crippen molar-refractivity contribution in [2.24, 2.45) is 0 Å². The third-order valence-electron chi connectivity index (χ3n) is 3.64. The molecule has 22 heavy (non-hydrogen) atoms. The molecule has 1 aromatic heterocycles. The van der Waals surface area contributed by atoms with Crippen LogP contribution in [0.4, 0.5) is 0 Å². The maximum Gasteiger partial charge on any atom is 1.00 e. The van der Waals surface area contributed by atoms with Crippen molar-refractivity contribution >= 4 is 29.7 Å². The van der Waals surface area contributed by atoms with E-state index in [4.69, 9.17) is 9.84 Å². The molecule has 1 saturated heterocycles. The van der Waals surface area contributed by atoms with Crippen LogP contribution in [0.5, 0.6) is 0 Å². The van der Waals surface area contributed by atoms with Crippen LogP contribution in [0.3, 0.4) is 0 Å². The van der Waals surface area contributed by atoms with Gasteiger partial charge in [0.1, 0.15) is 23.5 Å². The molecule has 1 N–H and O–H groups in total. The van der Waals surface area contributed by atoms with E-state index in [9.17, 15) is 9.59 Å². The van der Waals surface area contributed by atoms with Crippen molar-refractivity contribution < 1.29 is 50.4 Å². The quantitative estimate of drug-likeness (QED) is 0.375. The van der Waals surface area contributed by atoms with Crippen molar-refractivity contribution in [3.63, 3.8) is 0 Å². The third-order valence-corrected chi connectivity index (χ3v) is 4.72. The first kappa shape index (κ1) is 15.8. The second kappa shape index (κ2) is 5.86. The van der Waals surface area contributed by atoms with Gasteiger partial charge in [-0.3, -0.25) is 9.69 Å². The van der Waals surface area contributed by atoms with E-state index in [-0.39, 0.29) is 48.0 Å². The molecular formula is C13H12N3NaO4S. The number of hydrogen-bond acceptors (Lipinski definition) is 5. The van der Waals surface area contributed by atoms with E-state index in [0.717, 1.165) is 12.4 Å². The molecule has 1 fully saturated rings. The molecule has 0 aliphatic carbocycles. The minimum atomic E-state index is -1.08. The fraction of sp³-hybridized carbons (Fsp3) is 0.308. The zero-order chi connectivity index (χ0) is 14.6. The Kier molecular flexibility index (Phi) is 4.21. The molecule has 9 heteroatoms. The average Bonchev–Trinajstić information content (AvgIpc) is 3.05. The first-order chi connectivity index (χ1) is 10.1. The summed E-state index contributed by atoms with van der Waals surface area (Å²) >= 11 is 1.33. The van der Waals surface area contributed by atoms with Gasteiger partial charge in [0.05, 0.1) is 17.9 Å². The maximum absolute atomic E-state index is 12.1. The van der Waals surface area contributed by atoms with Crippen LogP contribution < -0.4 is 29.6 Å². The van der Waals surface area contributed by atoms with E-state index >= 15 is 0 Å². The molecule has 0 bridgehead atoms. The zero-order valence-corrected chi connectivity index (χ0v) is 14.7. The second-order valence-corrected chi connectivity index (χ2v) is 5.85. The first-order valence-electron chi connectivity index (χ1n) is 6.43. The molecule has 0 saturated carbocycles. The SMILES string of the molecule is O=C(O)C1=CSC2C(=Cc3cn4c(n3)COCC4)C(=O)N12.[H-].[Na+]. The predicted octanol–water partition coefficient (Wildman–Crippen LogP) is -2.25. The summed E-state index contributed by atoms with van der Waals surface area (Å²) in [4.78, 5) is 28.8. The number of carbonyl (C=O) groups is 2. The number of aromatic nitrogens is 2. The van der Waals surface area contributed by atoms with E-state index in [1.807, 2.05) is 10.8 Å². The molecule has 0 radical (unpaired) electrons. The molecule has 3 aliphatic heterocycles. The Morgan fingerprint density at radius 1 is 1.59 bits per heavy atom. The number of ether oxygens (including phenoxy) is 1. The minimum Gasteiger partial charge on any atom is -1.00 e. The number of nitrogens with zero attached hydrogens (tertiary/aromatic N) is 3. The number of rotatable bonds is 2. The fourth-order valence-corrected chi connectivity index (χ4v) is 3.73. The molecule has 7 nitrogen and oxygen atoms in total. The maximum atomic E-state index is 12.1. The molecule has 1 atom stereocenters. The van der Waals surface area contributed by atoms with Crippen LogP contribution in [-0.2, 0) is 27.5 Å². The molecule has 1 amide bonds. The standard InChI is InChI=1S/C13H11N3O4S.Na.H/c17-11-8(12-16(11)9(6-21-12)13(18)19)3-7-4-15-1-2-20-5-10(15)14-7;;/h3-4,6,12H,1-2,5H2,(H,18,19);;/q;+1;-1. The van der Waals surface area contributed by atoms with E-state index in [0.29, 0.717) is 24.5 Å². The first-order valence-corrected chi connectivity index (χ1v) is 7.37. The second-order valence-electron chi connectivity index (χ2n) is 4.90. The predicted molar refractivity (Wildman–Crippen MR) is 74.9 cm³/mol. The van der Waals surface area contributed by atoms with Gasteiger partial charge in [-0.1, -0.05) is 0 Å². The molecule has 4 rings (SSSR count). The van der Waals surface area contributed by atoms with Crippen molar-refractivity contribution in [3.05, 3.63) is 34.4 Å². The summed E-state index contributed by atoms with van der Waals surface area (Å²) in [5.74, 6) is -0.493. The Morgan fingerprint density at radius 3 is 3.14 bits per heavy atom. The minimum absolute atomic E-state index is 0. The normalized spacial score (nSPS) is 24.3. The fourth-order valence-electron chi connectivity index (χ4n) is 2.61. The van der Waals surface area contributed by atoms with Crippen LogP contribution >= 0.6 is 11.8 Å². The average molecular weight is 329 g/mol. The number of carboxylic acids is 1. The number of β-lactam (4-membered cyclic amide) rings is 1. The summed E-state index contributed by atoms with van der Waals surface area (Å²) < 4.78 is 7.34. The molecule has 1 unspecified atom stereocenters. The van der Waals surface area contributed by atoms with Crippen LogP contribution in [0.15, 0.2) is 22.9 Å². The summed E-state index contributed by atoms with van der Waals surface area (Å²) in [6, 6.07) is 0. The van der Waals surface area contributed by atoms with Gasteiger partial charge in [-0.25, -0.2) is 9.78 Å². The number of thioether (sulfide) groups is 1. The van der Waals surface area contributed by atoms with Gasteiger partial charge in [0.15, 0.2) is 0 Å². The van der Waals surface area contributed by atoms with Crippen molar-refractivity contribution in [2.75, 3.05) is 6.61 Å². The van der Waals surface area contributed by atoms with Gasteiger partial charge >= 0.3 is 35.5 Å². The summed E-state index contributed by atoms with van der Waals surface area (Å²) in [6.07, 6.45) is 3.63. The van der Waals surface area contributed by atoms with E-state index < -0.39 is 5.97 Å². The molecule has 110 valence electrons. The largest absolute Gasteiger partial charge is 1.00 e. The monoisotopic (exact) mass is 329 g/mol. The topological polar surface area (TPSA) is 84.7 Å². The Bertz CT molecular complexity index is 709. The molecule has 1 aromatic rings. The van der Waals surface area contributed by atoms with Gasteiger partial charge < -0.3 is 15.8 Å². The number of aliphatic carboxylic acids is 1.